The second-order valence-electron chi connectivity index (χ2n) is 6.64. The van der Waals surface area contributed by atoms with Gasteiger partial charge in [-0.3, -0.25) is 19.0 Å². The monoisotopic (exact) mass is 441 g/mol. The van der Waals surface area contributed by atoms with Crippen molar-refractivity contribution >= 4 is 50.7 Å². The minimum Gasteiger partial charge on any atom is -0.482 e. The number of hydrogen-bond donors (Lipinski definition) is 1. The predicted molar refractivity (Wildman–Crippen MR) is 119 cm³/mol. The van der Waals surface area contributed by atoms with Crippen LogP contribution in [0, 0.1) is 0 Å². The predicted octanol–water partition coefficient (Wildman–Crippen LogP) is 3.51. The number of ether oxygens (including phenoxy) is 1. The Balaban J connectivity index is 1.60. The Morgan fingerprint density at radius 1 is 1.40 bits per heavy atom. The van der Waals surface area contributed by atoms with Gasteiger partial charge in [-0.2, -0.15) is 0 Å². The van der Waals surface area contributed by atoms with Gasteiger partial charge in [0.05, 0.1) is 16.8 Å². The van der Waals surface area contributed by atoms with Gasteiger partial charge < -0.3 is 10.1 Å². The highest BCUT2D eigenvalue weighted by Gasteiger charge is 2.19. The van der Waals surface area contributed by atoms with E-state index in [0.29, 0.717) is 38.9 Å². The van der Waals surface area contributed by atoms with Gasteiger partial charge in [-0.1, -0.05) is 24.8 Å². The lowest BCUT2D eigenvalue weighted by molar-refractivity contribution is -0.118. The Hall–Kier alpha value is -2.91. The van der Waals surface area contributed by atoms with E-state index in [9.17, 15) is 14.4 Å². The molecule has 1 amide bonds. The summed E-state index contributed by atoms with van der Waals surface area (Å²) in [5.74, 6) is 0.252. The van der Waals surface area contributed by atoms with E-state index in [-0.39, 0.29) is 29.6 Å². The van der Waals surface area contributed by atoms with Gasteiger partial charge in [-0.25, -0.2) is 4.98 Å². The summed E-state index contributed by atoms with van der Waals surface area (Å²) in [6, 6.07) is 6.83. The van der Waals surface area contributed by atoms with Crippen LogP contribution >= 0.6 is 23.1 Å². The normalized spacial score (nSPS) is 12.9. The van der Waals surface area contributed by atoms with Gasteiger partial charge in [0.15, 0.2) is 17.5 Å². The van der Waals surface area contributed by atoms with Gasteiger partial charge in [0.2, 0.25) is 0 Å². The van der Waals surface area contributed by atoms with Gasteiger partial charge in [-0.05, 0) is 30.7 Å². The maximum Gasteiger partial charge on any atom is 0.263 e. The molecule has 0 saturated heterocycles. The molecule has 0 bridgehead atoms. The fourth-order valence-electron chi connectivity index (χ4n) is 3.09. The van der Waals surface area contributed by atoms with Crippen molar-refractivity contribution in [3.8, 4) is 5.75 Å². The number of amides is 1. The van der Waals surface area contributed by atoms with Crippen molar-refractivity contribution in [2.75, 3.05) is 17.7 Å². The molecule has 3 aromatic rings. The fourth-order valence-corrected chi connectivity index (χ4v) is 5.00. The van der Waals surface area contributed by atoms with E-state index in [2.05, 4.69) is 16.9 Å². The summed E-state index contributed by atoms with van der Waals surface area (Å²) in [5, 5.41) is 3.78. The quantitative estimate of drug-likeness (QED) is 0.261. The van der Waals surface area contributed by atoms with Crippen LogP contribution in [0.15, 0.2) is 46.9 Å². The largest absolute Gasteiger partial charge is 0.482 e. The van der Waals surface area contributed by atoms with E-state index in [1.165, 1.54) is 23.1 Å². The first-order chi connectivity index (χ1) is 14.5. The van der Waals surface area contributed by atoms with Gasteiger partial charge in [0.1, 0.15) is 10.6 Å². The molecule has 154 valence electrons. The van der Waals surface area contributed by atoms with Crippen LogP contribution in [0.5, 0.6) is 5.75 Å². The maximum atomic E-state index is 12.9. The molecule has 0 fully saturated rings. The minimum absolute atomic E-state index is 0.0341. The number of carbonyl (C=O) groups excluding carboxylic acids is 2. The molecule has 1 N–H and O–H groups in total. The molecule has 0 radical (unpaired) electrons. The molecule has 7 nitrogen and oxygen atoms in total. The highest BCUT2D eigenvalue weighted by molar-refractivity contribution is 7.99. The number of ketones is 1. The number of thioether (sulfide) groups is 1. The van der Waals surface area contributed by atoms with E-state index in [0.717, 1.165) is 11.3 Å². The van der Waals surface area contributed by atoms with Crippen molar-refractivity contribution in [1.29, 1.82) is 0 Å². The zero-order chi connectivity index (χ0) is 21.3. The molecule has 30 heavy (non-hydrogen) atoms. The maximum absolute atomic E-state index is 12.9. The Bertz CT molecular complexity index is 1230. The van der Waals surface area contributed by atoms with Crippen LogP contribution in [0.25, 0.3) is 10.2 Å². The van der Waals surface area contributed by atoms with Gasteiger partial charge >= 0.3 is 0 Å². The Morgan fingerprint density at radius 3 is 3.00 bits per heavy atom. The molecule has 3 heterocycles. The van der Waals surface area contributed by atoms with Gasteiger partial charge in [0, 0.05) is 17.0 Å². The molecule has 0 saturated carbocycles. The van der Waals surface area contributed by atoms with Crippen molar-refractivity contribution in [1.82, 2.24) is 9.55 Å². The van der Waals surface area contributed by atoms with Crippen LogP contribution in [-0.2, 0) is 17.8 Å². The standard InChI is InChI=1S/C21H19N3O4S2/c1-3-7-24-20(27)14-9-13(4-2)30-19(14)23-21(24)29-11-16(25)12-5-6-17-15(8-12)22-18(26)10-28-17/h3,5-6,8-9H,1,4,7,10-11H2,2H3,(H,22,26). The number of nitrogens with zero attached hydrogens (tertiary/aromatic N) is 2. The van der Waals surface area contributed by atoms with Gasteiger partial charge in [-0.15, -0.1) is 17.9 Å². The number of fused-ring (bicyclic) bond motifs is 2. The van der Waals surface area contributed by atoms with Crippen LogP contribution in [0.3, 0.4) is 0 Å². The summed E-state index contributed by atoms with van der Waals surface area (Å²) in [6.45, 7) is 6.04. The Morgan fingerprint density at radius 2 is 2.23 bits per heavy atom. The summed E-state index contributed by atoms with van der Waals surface area (Å²) < 4.78 is 6.86. The summed E-state index contributed by atoms with van der Waals surface area (Å²) in [5.41, 5.74) is 0.811. The second-order valence-corrected chi connectivity index (χ2v) is 8.70. The molecular weight excluding hydrogens is 422 g/mol. The molecule has 0 spiro atoms. The Labute approximate surface area is 180 Å². The summed E-state index contributed by atoms with van der Waals surface area (Å²) >= 11 is 2.71. The zero-order valence-electron chi connectivity index (χ0n) is 16.3. The first kappa shape index (κ1) is 20.4. The number of hydrogen-bond acceptors (Lipinski definition) is 7. The van der Waals surface area contributed by atoms with E-state index >= 15 is 0 Å². The third-order valence-corrected chi connectivity index (χ3v) is 6.74. The van der Waals surface area contributed by atoms with Crippen LogP contribution in [-0.4, -0.2) is 33.6 Å². The SMILES string of the molecule is C=CCn1c(SCC(=O)c2ccc3c(c2)NC(=O)CO3)nc2sc(CC)cc2c1=O. The first-order valence-corrected chi connectivity index (χ1v) is 11.2. The van der Waals surface area contributed by atoms with Crippen LogP contribution in [0.2, 0.25) is 0 Å². The number of allylic oxidation sites excluding steroid dienone is 1. The molecule has 0 aliphatic carbocycles. The lowest BCUT2D eigenvalue weighted by Crippen LogP contribution is -2.25. The van der Waals surface area contributed by atoms with Crippen molar-refractivity contribution < 1.29 is 14.3 Å². The molecule has 1 aliphatic heterocycles. The number of benzene rings is 1. The number of rotatable bonds is 7. The lowest BCUT2D eigenvalue weighted by atomic mass is 10.1. The molecule has 4 rings (SSSR count). The topological polar surface area (TPSA) is 90.3 Å². The number of thiophene rings is 1. The minimum atomic E-state index is -0.255. The lowest BCUT2D eigenvalue weighted by Gasteiger charge is -2.18. The van der Waals surface area contributed by atoms with Crippen molar-refractivity contribution in [2.45, 2.75) is 25.0 Å². The molecule has 0 unspecified atom stereocenters. The van der Waals surface area contributed by atoms with Crippen molar-refractivity contribution in [3.05, 3.63) is 57.7 Å². The van der Waals surface area contributed by atoms with Crippen LogP contribution in [0.4, 0.5) is 5.69 Å². The molecular formula is C21H19N3O4S2. The smallest absolute Gasteiger partial charge is 0.263 e. The van der Waals surface area contributed by atoms with Gasteiger partial charge in [0.25, 0.3) is 11.5 Å². The third kappa shape index (κ3) is 3.90. The highest BCUT2D eigenvalue weighted by Crippen LogP contribution is 2.30. The number of aryl methyl sites for hydroxylation is 1. The number of aromatic nitrogens is 2. The fraction of sp³-hybridized carbons (Fsp3) is 0.238. The van der Waals surface area contributed by atoms with E-state index < -0.39 is 0 Å². The molecule has 9 heteroatoms. The summed E-state index contributed by atoms with van der Waals surface area (Å²) in [7, 11) is 0. The average molecular weight is 442 g/mol. The van der Waals surface area contributed by atoms with Crippen LogP contribution < -0.4 is 15.6 Å². The highest BCUT2D eigenvalue weighted by atomic mass is 32.2. The van der Waals surface area contributed by atoms with E-state index in [4.69, 9.17) is 4.74 Å². The van der Waals surface area contributed by atoms with Crippen LogP contribution in [0.1, 0.15) is 22.2 Å². The average Bonchev–Trinajstić information content (AvgIpc) is 3.17. The van der Waals surface area contributed by atoms with Crippen molar-refractivity contribution in [2.24, 2.45) is 0 Å². The summed E-state index contributed by atoms with van der Waals surface area (Å²) in [6.07, 6.45) is 2.47. The molecule has 2 aromatic heterocycles. The molecule has 1 aromatic carbocycles. The second kappa shape index (κ2) is 8.45. The van der Waals surface area contributed by atoms with E-state index in [1.807, 2.05) is 13.0 Å². The third-order valence-electron chi connectivity index (χ3n) is 4.59. The van der Waals surface area contributed by atoms with E-state index in [1.54, 1.807) is 28.8 Å². The first-order valence-electron chi connectivity index (χ1n) is 9.37. The molecule has 1 aliphatic rings. The number of anilines is 1. The number of nitrogens with one attached hydrogen (secondary N) is 1. The zero-order valence-corrected chi connectivity index (χ0v) is 17.9. The number of carbonyl (C=O) groups is 2. The van der Waals surface area contributed by atoms with Crippen molar-refractivity contribution in [3.63, 3.8) is 0 Å². The number of Topliss-reactive ketones (excluding diaryl/α,β-unsaturated/α-hetero) is 1. The Kier molecular flexibility index (Phi) is 5.74. The summed E-state index contributed by atoms with van der Waals surface area (Å²) in [4.78, 5) is 43.6. The molecule has 0 atom stereocenters.